The van der Waals surface area contributed by atoms with Gasteiger partial charge in [0.2, 0.25) is 5.91 Å². The number of nitrogens with one attached hydrogen (secondary N) is 1. The van der Waals surface area contributed by atoms with Crippen molar-refractivity contribution in [1.82, 2.24) is 15.3 Å². The SMILES string of the molecule is Cc1nccc(N2CCC3(CCCC(NC(=O)c4cccc(Cl)c4)C3)C2=O)n1. The fourth-order valence-electron chi connectivity index (χ4n) is 4.44. The molecular formula is C21H23ClN4O2. The molecule has 2 fully saturated rings. The van der Waals surface area contributed by atoms with Gasteiger partial charge in [-0.2, -0.15) is 0 Å². The second-order valence-electron chi connectivity index (χ2n) is 7.73. The van der Waals surface area contributed by atoms with E-state index >= 15 is 0 Å². The van der Waals surface area contributed by atoms with Gasteiger partial charge >= 0.3 is 0 Å². The number of carbonyl (C=O) groups is 2. The van der Waals surface area contributed by atoms with Crippen molar-refractivity contribution in [2.24, 2.45) is 5.41 Å². The second-order valence-corrected chi connectivity index (χ2v) is 8.16. The molecule has 2 aromatic rings. The van der Waals surface area contributed by atoms with E-state index in [1.807, 2.05) is 6.92 Å². The number of rotatable bonds is 3. The van der Waals surface area contributed by atoms with Crippen molar-refractivity contribution in [2.75, 3.05) is 11.4 Å². The van der Waals surface area contributed by atoms with Gasteiger partial charge in [-0.3, -0.25) is 14.5 Å². The van der Waals surface area contributed by atoms with Crippen molar-refractivity contribution in [3.63, 3.8) is 0 Å². The van der Waals surface area contributed by atoms with Gasteiger partial charge in [-0.25, -0.2) is 9.97 Å². The number of benzene rings is 1. The lowest BCUT2D eigenvalue weighted by Crippen LogP contribution is -2.46. The molecule has 2 aliphatic rings. The first-order valence-corrected chi connectivity index (χ1v) is 10.0. The van der Waals surface area contributed by atoms with Crippen molar-refractivity contribution >= 4 is 29.2 Å². The second kappa shape index (κ2) is 7.51. The summed E-state index contributed by atoms with van der Waals surface area (Å²) < 4.78 is 0. The van der Waals surface area contributed by atoms with E-state index in [-0.39, 0.29) is 17.9 Å². The van der Waals surface area contributed by atoms with Crippen molar-refractivity contribution in [2.45, 2.75) is 45.1 Å². The van der Waals surface area contributed by atoms with E-state index < -0.39 is 5.41 Å². The minimum atomic E-state index is -0.413. The Morgan fingerprint density at radius 1 is 1.32 bits per heavy atom. The van der Waals surface area contributed by atoms with Crippen LogP contribution in [0.5, 0.6) is 0 Å². The van der Waals surface area contributed by atoms with Gasteiger partial charge in [-0.05, 0) is 56.9 Å². The minimum absolute atomic E-state index is 0.0173. The third kappa shape index (κ3) is 3.61. The van der Waals surface area contributed by atoms with Crippen LogP contribution >= 0.6 is 11.6 Å². The highest BCUT2D eigenvalue weighted by Gasteiger charge is 2.50. The normalized spacial score (nSPS) is 24.6. The molecule has 0 bridgehead atoms. The summed E-state index contributed by atoms with van der Waals surface area (Å²) >= 11 is 5.99. The van der Waals surface area contributed by atoms with Gasteiger partial charge in [-0.1, -0.05) is 24.1 Å². The summed E-state index contributed by atoms with van der Waals surface area (Å²) in [7, 11) is 0. The van der Waals surface area contributed by atoms with E-state index in [1.165, 1.54) is 0 Å². The highest BCUT2D eigenvalue weighted by atomic mass is 35.5. The van der Waals surface area contributed by atoms with Gasteiger partial charge < -0.3 is 5.32 Å². The largest absolute Gasteiger partial charge is 0.349 e. The zero-order valence-electron chi connectivity index (χ0n) is 15.8. The van der Waals surface area contributed by atoms with Crippen LogP contribution in [0.2, 0.25) is 5.02 Å². The molecule has 1 spiro atoms. The highest BCUT2D eigenvalue weighted by molar-refractivity contribution is 6.30. The van der Waals surface area contributed by atoms with Crippen LogP contribution in [-0.4, -0.2) is 34.4 Å². The number of anilines is 1. The molecule has 1 saturated carbocycles. The lowest BCUT2D eigenvalue weighted by molar-refractivity contribution is -0.127. The lowest BCUT2D eigenvalue weighted by Gasteiger charge is -2.36. The molecule has 4 rings (SSSR count). The summed E-state index contributed by atoms with van der Waals surface area (Å²) in [6.45, 7) is 2.48. The zero-order chi connectivity index (χ0) is 19.7. The molecule has 1 saturated heterocycles. The third-order valence-corrected chi connectivity index (χ3v) is 6.05. The van der Waals surface area contributed by atoms with E-state index in [2.05, 4.69) is 15.3 Å². The van der Waals surface area contributed by atoms with Gasteiger partial charge in [0, 0.05) is 29.4 Å². The number of nitrogens with zero attached hydrogens (tertiary/aromatic N) is 3. The Morgan fingerprint density at radius 2 is 2.18 bits per heavy atom. The van der Waals surface area contributed by atoms with Crippen molar-refractivity contribution < 1.29 is 9.59 Å². The van der Waals surface area contributed by atoms with Crippen LogP contribution in [0.15, 0.2) is 36.5 Å². The van der Waals surface area contributed by atoms with Crippen LogP contribution in [0.3, 0.4) is 0 Å². The molecule has 1 aliphatic heterocycles. The molecular weight excluding hydrogens is 376 g/mol. The molecule has 1 N–H and O–H groups in total. The maximum absolute atomic E-state index is 13.3. The molecule has 0 radical (unpaired) electrons. The molecule has 2 atom stereocenters. The third-order valence-electron chi connectivity index (χ3n) is 5.82. The Labute approximate surface area is 169 Å². The molecule has 1 aromatic heterocycles. The van der Waals surface area contributed by atoms with E-state index in [0.717, 1.165) is 25.7 Å². The van der Waals surface area contributed by atoms with Crippen LogP contribution in [0, 0.1) is 12.3 Å². The Bertz CT molecular complexity index is 919. The number of aryl methyl sites for hydroxylation is 1. The standard InChI is InChI=1S/C21H23ClN4O2/c1-14-23-10-7-18(24-14)26-11-9-21(20(26)28)8-3-6-17(13-21)25-19(27)15-4-2-5-16(22)12-15/h2,4-5,7,10,12,17H,3,6,8-9,11,13H2,1H3,(H,25,27). The fourth-order valence-corrected chi connectivity index (χ4v) is 4.63. The maximum Gasteiger partial charge on any atom is 0.251 e. The Balaban J connectivity index is 1.47. The van der Waals surface area contributed by atoms with Crippen LogP contribution in [-0.2, 0) is 4.79 Å². The zero-order valence-corrected chi connectivity index (χ0v) is 16.6. The molecule has 7 heteroatoms. The Hall–Kier alpha value is -2.47. The first-order valence-electron chi connectivity index (χ1n) is 9.65. The lowest BCUT2D eigenvalue weighted by atomic mass is 9.71. The molecule has 1 aliphatic carbocycles. The highest BCUT2D eigenvalue weighted by Crippen LogP contribution is 2.45. The smallest absolute Gasteiger partial charge is 0.251 e. The number of halogens is 1. The van der Waals surface area contributed by atoms with Crippen LogP contribution < -0.4 is 10.2 Å². The molecule has 1 aromatic carbocycles. The average molecular weight is 399 g/mol. The first kappa shape index (κ1) is 18.9. The molecule has 6 nitrogen and oxygen atoms in total. The summed E-state index contributed by atoms with van der Waals surface area (Å²) in [6, 6.07) is 8.69. The van der Waals surface area contributed by atoms with E-state index in [9.17, 15) is 9.59 Å². The molecule has 28 heavy (non-hydrogen) atoms. The van der Waals surface area contributed by atoms with Crippen molar-refractivity contribution in [1.29, 1.82) is 0 Å². The molecule has 146 valence electrons. The minimum Gasteiger partial charge on any atom is -0.349 e. The predicted molar refractivity (Wildman–Crippen MR) is 107 cm³/mol. The van der Waals surface area contributed by atoms with Gasteiger partial charge in [0.1, 0.15) is 11.6 Å². The fraction of sp³-hybridized carbons (Fsp3) is 0.429. The number of aromatic nitrogens is 2. The average Bonchev–Trinajstić information content (AvgIpc) is 2.97. The van der Waals surface area contributed by atoms with E-state index in [1.54, 1.807) is 41.4 Å². The van der Waals surface area contributed by atoms with Gasteiger partial charge in [-0.15, -0.1) is 0 Å². The number of hydrogen-bond acceptors (Lipinski definition) is 4. The molecule has 2 heterocycles. The monoisotopic (exact) mass is 398 g/mol. The molecule has 2 amide bonds. The van der Waals surface area contributed by atoms with Gasteiger partial charge in [0.15, 0.2) is 0 Å². The van der Waals surface area contributed by atoms with Crippen molar-refractivity contribution in [3.8, 4) is 0 Å². The van der Waals surface area contributed by atoms with Crippen molar-refractivity contribution in [3.05, 3.63) is 52.9 Å². The van der Waals surface area contributed by atoms with Crippen LogP contribution in [0.25, 0.3) is 0 Å². The Kier molecular flexibility index (Phi) is 5.06. The van der Waals surface area contributed by atoms with Crippen LogP contribution in [0.1, 0.15) is 48.3 Å². The number of carbonyl (C=O) groups excluding carboxylic acids is 2. The maximum atomic E-state index is 13.3. The quantitative estimate of drug-likeness (QED) is 0.858. The van der Waals surface area contributed by atoms with E-state index in [0.29, 0.717) is 35.2 Å². The number of amides is 2. The first-order chi connectivity index (χ1) is 13.5. The van der Waals surface area contributed by atoms with Crippen LogP contribution in [0.4, 0.5) is 5.82 Å². The summed E-state index contributed by atoms with van der Waals surface area (Å²) in [5, 5.41) is 3.64. The van der Waals surface area contributed by atoms with E-state index in [4.69, 9.17) is 11.6 Å². The molecule has 2 unspecified atom stereocenters. The summed E-state index contributed by atoms with van der Waals surface area (Å²) in [5.41, 5.74) is 0.131. The van der Waals surface area contributed by atoms with Gasteiger partial charge in [0.05, 0.1) is 5.41 Å². The summed E-state index contributed by atoms with van der Waals surface area (Å²) in [5.74, 6) is 1.30. The Morgan fingerprint density at radius 3 is 2.96 bits per heavy atom. The topological polar surface area (TPSA) is 75.2 Å². The predicted octanol–water partition coefficient (Wildman–Crippen LogP) is 3.53. The van der Waals surface area contributed by atoms with Gasteiger partial charge in [0.25, 0.3) is 5.91 Å². The summed E-state index contributed by atoms with van der Waals surface area (Å²) in [4.78, 5) is 36.2. The number of hydrogen-bond donors (Lipinski definition) is 1. The summed E-state index contributed by atoms with van der Waals surface area (Å²) in [6.07, 6.45) is 5.80.